The van der Waals surface area contributed by atoms with E-state index in [1.54, 1.807) is 0 Å². The van der Waals surface area contributed by atoms with E-state index in [0.29, 0.717) is 6.61 Å². The van der Waals surface area contributed by atoms with Crippen LogP contribution in [0.15, 0.2) is 72.3 Å². The van der Waals surface area contributed by atoms with Crippen LogP contribution in [0.2, 0.25) is 0 Å². The Morgan fingerprint density at radius 2 is 1.76 bits per heavy atom. The van der Waals surface area contributed by atoms with Gasteiger partial charge in [-0.1, -0.05) is 72.3 Å². The van der Waals surface area contributed by atoms with Gasteiger partial charge in [-0.3, -0.25) is 4.79 Å². The zero-order valence-electron chi connectivity index (χ0n) is 14.4. The molecule has 25 heavy (non-hydrogen) atoms. The normalized spacial score (nSPS) is 22.5. The predicted octanol–water partition coefficient (Wildman–Crippen LogP) is 5.06. The Morgan fingerprint density at radius 1 is 1.00 bits per heavy atom. The smallest absolute Gasteiger partial charge is 0.309 e. The van der Waals surface area contributed by atoms with Gasteiger partial charge in [0.25, 0.3) is 0 Å². The van der Waals surface area contributed by atoms with Gasteiger partial charge in [-0.15, -0.1) is 0 Å². The van der Waals surface area contributed by atoms with Crippen LogP contribution < -0.4 is 0 Å². The third-order valence-electron chi connectivity index (χ3n) is 5.29. The van der Waals surface area contributed by atoms with Gasteiger partial charge in [0, 0.05) is 5.92 Å². The molecule has 2 aromatic carbocycles. The van der Waals surface area contributed by atoms with Crippen molar-refractivity contribution in [3.05, 3.63) is 89.0 Å². The van der Waals surface area contributed by atoms with Crippen molar-refractivity contribution in [1.82, 2.24) is 0 Å². The molecule has 0 saturated carbocycles. The first-order valence-corrected chi connectivity index (χ1v) is 8.92. The first kappa shape index (κ1) is 15.9. The van der Waals surface area contributed by atoms with E-state index in [-0.39, 0.29) is 17.8 Å². The van der Waals surface area contributed by atoms with E-state index in [2.05, 4.69) is 67.6 Å². The van der Waals surface area contributed by atoms with Gasteiger partial charge in [0.05, 0.1) is 12.5 Å². The lowest BCUT2D eigenvalue weighted by Gasteiger charge is -2.23. The summed E-state index contributed by atoms with van der Waals surface area (Å²) in [6.45, 7) is 2.72. The molecule has 1 heterocycles. The topological polar surface area (TPSA) is 26.3 Å². The molecule has 1 aliphatic carbocycles. The number of hydrogen-bond donors (Lipinski definition) is 0. The summed E-state index contributed by atoms with van der Waals surface area (Å²) in [6.07, 6.45) is 6.05. The first-order chi connectivity index (χ1) is 12.2. The molecule has 2 atom stereocenters. The van der Waals surface area contributed by atoms with Gasteiger partial charge in [0.2, 0.25) is 0 Å². The van der Waals surface area contributed by atoms with Crippen molar-refractivity contribution in [2.75, 3.05) is 6.61 Å². The molecule has 1 fully saturated rings. The van der Waals surface area contributed by atoms with Crippen molar-refractivity contribution >= 4 is 11.5 Å². The highest BCUT2D eigenvalue weighted by atomic mass is 16.5. The molecule has 2 nitrogen and oxygen atoms in total. The van der Waals surface area contributed by atoms with Crippen molar-refractivity contribution in [1.29, 1.82) is 0 Å². The highest BCUT2D eigenvalue weighted by molar-refractivity contribution is 5.81. The van der Waals surface area contributed by atoms with Gasteiger partial charge in [0.15, 0.2) is 0 Å². The highest BCUT2D eigenvalue weighted by Gasteiger charge is 2.33. The number of allylic oxidation sites excluding steroid dienone is 4. The molecule has 1 saturated heterocycles. The Morgan fingerprint density at radius 3 is 2.48 bits per heavy atom. The van der Waals surface area contributed by atoms with E-state index in [4.69, 9.17) is 4.74 Å². The summed E-state index contributed by atoms with van der Waals surface area (Å²) in [6, 6.07) is 19.1. The molecule has 2 unspecified atom stereocenters. The average molecular weight is 330 g/mol. The summed E-state index contributed by atoms with van der Waals surface area (Å²) in [5.74, 6) is 0.177. The molecule has 0 bridgehead atoms. The number of esters is 1. The van der Waals surface area contributed by atoms with Gasteiger partial charge < -0.3 is 4.74 Å². The number of benzene rings is 2. The van der Waals surface area contributed by atoms with E-state index < -0.39 is 0 Å². The predicted molar refractivity (Wildman–Crippen MR) is 100 cm³/mol. The first-order valence-electron chi connectivity index (χ1n) is 8.92. The Kier molecular flexibility index (Phi) is 4.27. The SMILES string of the molecule is Cc1ccccc1C1C(CC2CCOC2=O)=CC=C1c1ccccc1. The van der Waals surface area contributed by atoms with E-state index in [0.717, 1.165) is 12.8 Å². The van der Waals surface area contributed by atoms with Crippen molar-refractivity contribution in [3.8, 4) is 0 Å². The average Bonchev–Trinajstić information content (AvgIpc) is 3.23. The lowest BCUT2D eigenvalue weighted by molar-refractivity contribution is -0.141. The van der Waals surface area contributed by atoms with Crippen LogP contribution in [0.5, 0.6) is 0 Å². The van der Waals surface area contributed by atoms with Gasteiger partial charge in [-0.05, 0) is 42.0 Å². The molecule has 0 aromatic heterocycles. The van der Waals surface area contributed by atoms with E-state index in [1.165, 1.54) is 27.8 Å². The molecule has 2 aliphatic rings. The van der Waals surface area contributed by atoms with Crippen molar-refractivity contribution < 1.29 is 9.53 Å². The fourth-order valence-corrected chi connectivity index (χ4v) is 3.95. The second-order valence-corrected chi connectivity index (χ2v) is 6.88. The monoisotopic (exact) mass is 330 g/mol. The summed E-state index contributed by atoms with van der Waals surface area (Å²) in [7, 11) is 0. The molecule has 0 spiro atoms. The Labute approximate surface area is 148 Å². The minimum atomic E-state index is -0.0439. The van der Waals surface area contributed by atoms with E-state index >= 15 is 0 Å². The molecule has 0 N–H and O–H groups in total. The maximum absolute atomic E-state index is 12.0. The number of aryl methyl sites for hydroxylation is 1. The van der Waals surface area contributed by atoms with Crippen LogP contribution in [0.1, 0.15) is 35.4 Å². The van der Waals surface area contributed by atoms with Gasteiger partial charge >= 0.3 is 5.97 Å². The van der Waals surface area contributed by atoms with Crippen LogP contribution in [0.4, 0.5) is 0 Å². The zero-order valence-corrected chi connectivity index (χ0v) is 14.4. The summed E-state index contributed by atoms with van der Waals surface area (Å²) >= 11 is 0. The quantitative estimate of drug-likeness (QED) is 0.733. The number of carbonyl (C=O) groups is 1. The molecule has 1 aliphatic heterocycles. The second-order valence-electron chi connectivity index (χ2n) is 6.88. The van der Waals surface area contributed by atoms with Crippen molar-refractivity contribution in [2.45, 2.75) is 25.7 Å². The summed E-state index contributed by atoms with van der Waals surface area (Å²) in [4.78, 5) is 12.0. The molecule has 2 aromatic rings. The minimum absolute atomic E-state index is 0.00120. The molecule has 0 radical (unpaired) electrons. The summed E-state index contributed by atoms with van der Waals surface area (Å²) in [5.41, 5.74) is 6.49. The molecular formula is C23H22O2. The van der Waals surface area contributed by atoms with Gasteiger partial charge in [0.1, 0.15) is 0 Å². The zero-order chi connectivity index (χ0) is 17.2. The van der Waals surface area contributed by atoms with Gasteiger partial charge in [-0.25, -0.2) is 0 Å². The summed E-state index contributed by atoms with van der Waals surface area (Å²) < 4.78 is 5.17. The standard InChI is InChI=1S/C23H22O2/c1-16-7-5-6-10-20(16)22-18(15-19-13-14-25-23(19)24)11-12-21(22)17-8-3-2-4-9-17/h2-12,19,22H,13-15H2,1H3. The Balaban J connectivity index is 1.70. The second kappa shape index (κ2) is 6.72. The third-order valence-corrected chi connectivity index (χ3v) is 5.29. The van der Waals surface area contributed by atoms with Crippen LogP contribution in [-0.4, -0.2) is 12.6 Å². The third kappa shape index (κ3) is 3.05. The number of carbonyl (C=O) groups excluding carboxylic acids is 1. The van der Waals surface area contributed by atoms with E-state index in [9.17, 15) is 4.79 Å². The molecular weight excluding hydrogens is 308 g/mol. The fourth-order valence-electron chi connectivity index (χ4n) is 3.95. The molecule has 2 heteroatoms. The largest absolute Gasteiger partial charge is 0.465 e. The van der Waals surface area contributed by atoms with Gasteiger partial charge in [-0.2, -0.15) is 0 Å². The maximum Gasteiger partial charge on any atom is 0.309 e. The van der Waals surface area contributed by atoms with Crippen molar-refractivity contribution in [3.63, 3.8) is 0 Å². The molecule has 4 rings (SSSR count). The lowest BCUT2D eigenvalue weighted by Crippen LogP contribution is -2.12. The van der Waals surface area contributed by atoms with Crippen LogP contribution in [0.3, 0.4) is 0 Å². The lowest BCUT2D eigenvalue weighted by atomic mass is 9.80. The fraction of sp³-hybridized carbons (Fsp3) is 0.261. The molecule has 126 valence electrons. The van der Waals surface area contributed by atoms with Crippen LogP contribution in [0, 0.1) is 12.8 Å². The Bertz CT molecular complexity index is 845. The van der Waals surface area contributed by atoms with Crippen LogP contribution in [-0.2, 0) is 9.53 Å². The number of hydrogen-bond acceptors (Lipinski definition) is 2. The molecule has 0 amide bonds. The number of rotatable bonds is 4. The minimum Gasteiger partial charge on any atom is -0.465 e. The van der Waals surface area contributed by atoms with Crippen molar-refractivity contribution in [2.24, 2.45) is 5.92 Å². The van der Waals surface area contributed by atoms with Crippen LogP contribution in [0.25, 0.3) is 5.57 Å². The van der Waals surface area contributed by atoms with E-state index in [1.807, 2.05) is 6.07 Å². The number of ether oxygens (including phenoxy) is 1. The summed E-state index contributed by atoms with van der Waals surface area (Å²) in [5, 5.41) is 0. The maximum atomic E-state index is 12.0. The Hall–Kier alpha value is -2.61. The highest BCUT2D eigenvalue weighted by Crippen LogP contribution is 2.45. The number of cyclic esters (lactones) is 1. The van der Waals surface area contributed by atoms with Crippen LogP contribution >= 0.6 is 0 Å².